The number of halogens is 1. The van der Waals surface area contributed by atoms with E-state index in [1.807, 2.05) is 30.3 Å². The van der Waals surface area contributed by atoms with E-state index in [9.17, 15) is 13.2 Å². The van der Waals surface area contributed by atoms with Crippen molar-refractivity contribution in [2.24, 2.45) is 5.92 Å². The van der Waals surface area contributed by atoms with Crippen LogP contribution in [0.4, 0.5) is 0 Å². The normalized spacial score (nSPS) is 18.4. The number of benzene rings is 2. The molecule has 1 saturated heterocycles. The first-order chi connectivity index (χ1) is 12.0. The van der Waals surface area contributed by atoms with Crippen LogP contribution in [0.3, 0.4) is 0 Å². The number of carboxylic acids is 1. The Morgan fingerprint density at radius 1 is 1.19 bits per heavy atom. The first kappa shape index (κ1) is 20.6. The van der Waals surface area contributed by atoms with E-state index in [4.69, 9.17) is 5.11 Å². The molecule has 0 saturated carbocycles. The van der Waals surface area contributed by atoms with Gasteiger partial charge in [-0.1, -0.05) is 30.3 Å². The number of rotatable bonds is 6. The SMILES string of the molecule is Cl.O=C(O)CNCC1CCCN(S(=O)(=O)c2ccc3ccccc3c2)C1. The quantitative estimate of drug-likeness (QED) is 0.779. The summed E-state index contributed by atoms with van der Waals surface area (Å²) in [5.74, 6) is -0.778. The summed E-state index contributed by atoms with van der Waals surface area (Å²) in [6, 6.07) is 12.9. The first-order valence-electron chi connectivity index (χ1n) is 8.38. The number of sulfonamides is 1. The van der Waals surface area contributed by atoms with Crippen molar-refractivity contribution in [3.8, 4) is 0 Å². The van der Waals surface area contributed by atoms with Crippen molar-refractivity contribution in [3.05, 3.63) is 42.5 Å². The van der Waals surface area contributed by atoms with Crippen LogP contribution in [0.25, 0.3) is 10.8 Å². The predicted octanol–water partition coefficient (Wildman–Crippen LogP) is 2.34. The summed E-state index contributed by atoms with van der Waals surface area (Å²) >= 11 is 0. The van der Waals surface area contributed by atoms with Crippen LogP contribution in [0.2, 0.25) is 0 Å². The highest BCUT2D eigenvalue weighted by molar-refractivity contribution is 7.89. The van der Waals surface area contributed by atoms with Crippen LogP contribution in [0.15, 0.2) is 47.4 Å². The van der Waals surface area contributed by atoms with Gasteiger partial charge in [-0.15, -0.1) is 12.4 Å². The highest BCUT2D eigenvalue weighted by Gasteiger charge is 2.30. The zero-order chi connectivity index (χ0) is 17.9. The van der Waals surface area contributed by atoms with E-state index in [1.54, 1.807) is 12.1 Å². The second-order valence-electron chi connectivity index (χ2n) is 6.40. The lowest BCUT2D eigenvalue weighted by Gasteiger charge is -2.32. The molecule has 1 heterocycles. The van der Waals surface area contributed by atoms with Crippen molar-refractivity contribution in [3.63, 3.8) is 0 Å². The van der Waals surface area contributed by atoms with Gasteiger partial charge in [-0.25, -0.2) is 8.42 Å². The topological polar surface area (TPSA) is 86.7 Å². The molecule has 2 aromatic carbocycles. The maximum atomic E-state index is 13.0. The number of fused-ring (bicyclic) bond motifs is 1. The molecule has 8 heteroatoms. The molecule has 1 fully saturated rings. The number of hydrogen-bond acceptors (Lipinski definition) is 4. The Labute approximate surface area is 159 Å². The zero-order valence-corrected chi connectivity index (χ0v) is 15.9. The van der Waals surface area contributed by atoms with Gasteiger partial charge >= 0.3 is 5.97 Å². The lowest BCUT2D eigenvalue weighted by Crippen LogP contribution is -2.43. The Bertz CT molecular complexity index is 872. The molecule has 0 amide bonds. The van der Waals surface area contributed by atoms with Crippen molar-refractivity contribution < 1.29 is 18.3 Å². The fourth-order valence-electron chi connectivity index (χ4n) is 3.27. The molecule has 0 aromatic heterocycles. The monoisotopic (exact) mass is 398 g/mol. The van der Waals surface area contributed by atoms with Gasteiger partial charge in [0, 0.05) is 13.1 Å². The molecule has 0 spiro atoms. The molecular weight excluding hydrogens is 376 g/mol. The minimum atomic E-state index is -3.54. The number of nitrogens with one attached hydrogen (secondary N) is 1. The zero-order valence-electron chi connectivity index (χ0n) is 14.3. The third kappa shape index (κ3) is 4.73. The molecule has 3 rings (SSSR count). The Kier molecular flexibility index (Phi) is 7.00. The average Bonchev–Trinajstić information content (AvgIpc) is 2.61. The maximum absolute atomic E-state index is 13.0. The molecule has 2 N–H and O–H groups in total. The first-order valence-corrected chi connectivity index (χ1v) is 9.82. The minimum Gasteiger partial charge on any atom is -0.480 e. The van der Waals surface area contributed by atoms with Crippen LogP contribution in [0.1, 0.15) is 12.8 Å². The van der Waals surface area contributed by atoms with Crippen molar-refractivity contribution in [2.45, 2.75) is 17.7 Å². The molecule has 0 radical (unpaired) electrons. The Hall–Kier alpha value is -1.67. The van der Waals surface area contributed by atoms with Gasteiger partial charge in [0.05, 0.1) is 11.4 Å². The van der Waals surface area contributed by atoms with E-state index in [0.717, 1.165) is 23.6 Å². The highest BCUT2D eigenvalue weighted by Crippen LogP contribution is 2.26. The number of nitrogens with zero attached hydrogens (tertiary/aromatic N) is 1. The summed E-state index contributed by atoms with van der Waals surface area (Å²) in [5, 5.41) is 13.5. The Morgan fingerprint density at radius 2 is 1.92 bits per heavy atom. The van der Waals surface area contributed by atoms with E-state index in [1.165, 1.54) is 4.31 Å². The fourth-order valence-corrected chi connectivity index (χ4v) is 4.86. The molecule has 1 aliphatic heterocycles. The van der Waals surface area contributed by atoms with Gasteiger partial charge in [-0.05, 0) is 48.2 Å². The van der Waals surface area contributed by atoms with E-state index >= 15 is 0 Å². The third-order valence-corrected chi connectivity index (χ3v) is 6.41. The van der Waals surface area contributed by atoms with Crippen LogP contribution in [-0.2, 0) is 14.8 Å². The molecule has 0 bridgehead atoms. The largest absolute Gasteiger partial charge is 0.480 e. The summed E-state index contributed by atoms with van der Waals surface area (Å²) in [5.41, 5.74) is 0. The molecule has 2 aromatic rings. The van der Waals surface area contributed by atoms with Crippen molar-refractivity contribution in [1.82, 2.24) is 9.62 Å². The van der Waals surface area contributed by atoms with Gasteiger partial charge < -0.3 is 10.4 Å². The van der Waals surface area contributed by atoms with Crippen LogP contribution >= 0.6 is 12.4 Å². The molecule has 26 heavy (non-hydrogen) atoms. The summed E-state index contributed by atoms with van der Waals surface area (Å²) in [4.78, 5) is 10.9. The van der Waals surface area contributed by atoms with Crippen LogP contribution < -0.4 is 5.32 Å². The van der Waals surface area contributed by atoms with Crippen molar-refractivity contribution in [2.75, 3.05) is 26.2 Å². The van der Waals surface area contributed by atoms with Gasteiger partial charge in [-0.3, -0.25) is 4.79 Å². The second kappa shape index (κ2) is 8.81. The Balaban J connectivity index is 0.00000243. The molecular formula is C18H23ClN2O4S. The van der Waals surface area contributed by atoms with Crippen LogP contribution in [0.5, 0.6) is 0 Å². The number of carboxylic acid groups (broad SMARTS) is 1. The maximum Gasteiger partial charge on any atom is 0.317 e. The molecule has 142 valence electrons. The van der Waals surface area contributed by atoms with E-state index in [0.29, 0.717) is 24.5 Å². The lowest BCUT2D eigenvalue weighted by atomic mass is 10.00. The predicted molar refractivity (Wildman–Crippen MR) is 103 cm³/mol. The molecule has 0 aliphatic carbocycles. The molecule has 1 unspecified atom stereocenters. The van der Waals surface area contributed by atoms with E-state index < -0.39 is 16.0 Å². The van der Waals surface area contributed by atoms with Gasteiger partial charge in [0.15, 0.2) is 0 Å². The number of aliphatic carboxylic acids is 1. The van der Waals surface area contributed by atoms with Gasteiger partial charge in [0.25, 0.3) is 0 Å². The molecule has 6 nitrogen and oxygen atoms in total. The van der Waals surface area contributed by atoms with E-state index in [2.05, 4.69) is 5.32 Å². The average molecular weight is 399 g/mol. The fraction of sp³-hybridized carbons (Fsp3) is 0.389. The number of piperidine rings is 1. The van der Waals surface area contributed by atoms with Crippen LogP contribution in [0, 0.1) is 5.92 Å². The minimum absolute atomic E-state index is 0. The van der Waals surface area contributed by atoms with Crippen molar-refractivity contribution in [1.29, 1.82) is 0 Å². The standard InChI is InChI=1S/C18H22N2O4S.ClH/c21-18(22)12-19-11-14-4-3-9-20(13-14)25(23,24)17-8-7-15-5-1-2-6-16(15)10-17;/h1-2,5-8,10,14,19H,3-4,9,11-13H2,(H,21,22);1H. The second-order valence-corrected chi connectivity index (χ2v) is 8.34. The van der Waals surface area contributed by atoms with Crippen molar-refractivity contribution >= 4 is 39.2 Å². The lowest BCUT2D eigenvalue weighted by molar-refractivity contribution is -0.136. The summed E-state index contributed by atoms with van der Waals surface area (Å²) in [6.07, 6.45) is 1.68. The number of hydrogen-bond donors (Lipinski definition) is 2. The van der Waals surface area contributed by atoms with Gasteiger partial charge in [0.1, 0.15) is 0 Å². The summed E-state index contributed by atoms with van der Waals surface area (Å²) in [6.45, 7) is 1.33. The van der Waals surface area contributed by atoms with Gasteiger partial charge in [-0.2, -0.15) is 4.31 Å². The molecule has 1 aliphatic rings. The summed E-state index contributed by atoms with van der Waals surface area (Å²) in [7, 11) is -3.54. The third-order valence-electron chi connectivity index (χ3n) is 4.55. The molecule has 1 atom stereocenters. The van der Waals surface area contributed by atoms with Gasteiger partial charge in [0.2, 0.25) is 10.0 Å². The van der Waals surface area contributed by atoms with Crippen LogP contribution in [-0.4, -0.2) is 50.0 Å². The number of carbonyl (C=O) groups is 1. The Morgan fingerprint density at radius 3 is 2.65 bits per heavy atom. The van der Waals surface area contributed by atoms with E-state index in [-0.39, 0.29) is 24.9 Å². The summed E-state index contributed by atoms with van der Waals surface area (Å²) < 4.78 is 27.5. The smallest absolute Gasteiger partial charge is 0.317 e. The highest BCUT2D eigenvalue weighted by atomic mass is 35.5.